The van der Waals surface area contributed by atoms with E-state index in [1.165, 1.54) is 0 Å². The molecule has 6 heteroatoms. The third-order valence-electron chi connectivity index (χ3n) is 3.55. The van der Waals surface area contributed by atoms with Crippen molar-refractivity contribution in [3.8, 4) is 11.5 Å². The maximum atomic E-state index is 12.1. The van der Waals surface area contributed by atoms with E-state index in [9.17, 15) is 9.59 Å². The molecule has 1 heterocycles. The van der Waals surface area contributed by atoms with Crippen LogP contribution >= 0.6 is 0 Å². The van der Waals surface area contributed by atoms with E-state index in [4.69, 9.17) is 9.47 Å². The molecular formula is C17H16N2O4. The van der Waals surface area contributed by atoms with Crippen LogP contribution in [0.15, 0.2) is 36.4 Å². The summed E-state index contributed by atoms with van der Waals surface area (Å²) in [6.07, 6.45) is 0. The quantitative estimate of drug-likeness (QED) is 0.833. The molecule has 3 rings (SSSR count). The summed E-state index contributed by atoms with van der Waals surface area (Å²) < 4.78 is 10.4. The van der Waals surface area contributed by atoms with Crippen LogP contribution in [0, 0.1) is 13.8 Å². The van der Waals surface area contributed by atoms with Gasteiger partial charge >= 0.3 is 0 Å². The first-order valence-electron chi connectivity index (χ1n) is 7.12. The molecule has 2 aromatic carbocycles. The van der Waals surface area contributed by atoms with E-state index in [-0.39, 0.29) is 12.7 Å². The van der Waals surface area contributed by atoms with Gasteiger partial charge in [-0.1, -0.05) is 17.7 Å². The van der Waals surface area contributed by atoms with Crippen LogP contribution in [0.1, 0.15) is 31.8 Å². The molecule has 0 unspecified atom stereocenters. The van der Waals surface area contributed by atoms with Gasteiger partial charge in [0, 0.05) is 11.1 Å². The van der Waals surface area contributed by atoms with Gasteiger partial charge < -0.3 is 9.47 Å². The largest absolute Gasteiger partial charge is 0.454 e. The number of hydrogen-bond donors (Lipinski definition) is 2. The van der Waals surface area contributed by atoms with E-state index in [0.717, 1.165) is 11.1 Å². The van der Waals surface area contributed by atoms with Crippen LogP contribution in [0.4, 0.5) is 0 Å². The smallest absolute Gasteiger partial charge is 0.269 e. The molecule has 0 radical (unpaired) electrons. The summed E-state index contributed by atoms with van der Waals surface area (Å²) in [4.78, 5) is 24.2. The molecule has 23 heavy (non-hydrogen) atoms. The zero-order valence-electron chi connectivity index (χ0n) is 12.8. The van der Waals surface area contributed by atoms with Crippen LogP contribution in [0.25, 0.3) is 0 Å². The Kier molecular flexibility index (Phi) is 3.89. The fourth-order valence-corrected chi connectivity index (χ4v) is 2.36. The van der Waals surface area contributed by atoms with Crippen molar-refractivity contribution in [2.24, 2.45) is 0 Å². The first kappa shape index (κ1) is 14.9. The monoisotopic (exact) mass is 312 g/mol. The summed E-state index contributed by atoms with van der Waals surface area (Å²) >= 11 is 0. The molecule has 0 bridgehead atoms. The van der Waals surface area contributed by atoms with Crippen molar-refractivity contribution in [1.29, 1.82) is 0 Å². The zero-order valence-corrected chi connectivity index (χ0v) is 12.8. The van der Waals surface area contributed by atoms with Gasteiger partial charge in [0.15, 0.2) is 11.5 Å². The molecule has 1 aliphatic rings. The lowest BCUT2D eigenvalue weighted by Gasteiger charge is -2.10. The lowest BCUT2D eigenvalue weighted by atomic mass is 10.1. The second-order valence-corrected chi connectivity index (χ2v) is 5.29. The van der Waals surface area contributed by atoms with Gasteiger partial charge in [0.1, 0.15) is 0 Å². The van der Waals surface area contributed by atoms with Crippen LogP contribution in [0.5, 0.6) is 11.5 Å². The van der Waals surface area contributed by atoms with Crippen LogP contribution in [-0.2, 0) is 0 Å². The maximum Gasteiger partial charge on any atom is 0.269 e. The fourth-order valence-electron chi connectivity index (χ4n) is 2.36. The Morgan fingerprint density at radius 2 is 1.65 bits per heavy atom. The van der Waals surface area contributed by atoms with Gasteiger partial charge in [0.25, 0.3) is 11.8 Å². The van der Waals surface area contributed by atoms with E-state index < -0.39 is 5.91 Å². The molecule has 2 aromatic rings. The molecule has 0 saturated carbocycles. The predicted molar refractivity (Wildman–Crippen MR) is 83.4 cm³/mol. The minimum absolute atomic E-state index is 0.143. The van der Waals surface area contributed by atoms with E-state index in [1.54, 1.807) is 24.3 Å². The summed E-state index contributed by atoms with van der Waals surface area (Å²) in [7, 11) is 0. The fraction of sp³-hybridized carbons (Fsp3) is 0.176. The Morgan fingerprint density at radius 1 is 0.913 bits per heavy atom. The summed E-state index contributed by atoms with van der Waals surface area (Å²) in [6.45, 7) is 3.95. The molecule has 0 saturated heterocycles. The van der Waals surface area contributed by atoms with Gasteiger partial charge in [-0.25, -0.2) is 0 Å². The summed E-state index contributed by atoms with van der Waals surface area (Å²) in [6, 6.07) is 10.3. The number of amides is 2. The summed E-state index contributed by atoms with van der Waals surface area (Å²) in [5.41, 5.74) is 7.62. The van der Waals surface area contributed by atoms with Crippen molar-refractivity contribution in [2.45, 2.75) is 13.8 Å². The molecule has 2 amide bonds. The molecule has 0 aliphatic carbocycles. The van der Waals surface area contributed by atoms with Crippen molar-refractivity contribution in [2.75, 3.05) is 6.79 Å². The van der Waals surface area contributed by atoms with Crippen molar-refractivity contribution >= 4 is 11.8 Å². The van der Waals surface area contributed by atoms with Gasteiger partial charge in [0.05, 0.1) is 0 Å². The second-order valence-electron chi connectivity index (χ2n) is 5.29. The highest BCUT2D eigenvalue weighted by molar-refractivity contribution is 6.00. The Hall–Kier alpha value is -3.02. The number of nitrogens with one attached hydrogen (secondary N) is 2. The Balaban J connectivity index is 1.65. The number of hydrogen-bond acceptors (Lipinski definition) is 4. The van der Waals surface area contributed by atoms with Crippen molar-refractivity contribution in [1.82, 2.24) is 10.9 Å². The minimum atomic E-state index is -0.429. The summed E-state index contributed by atoms with van der Waals surface area (Å²) in [5.74, 6) is 0.317. The first-order valence-corrected chi connectivity index (χ1v) is 7.12. The van der Waals surface area contributed by atoms with Crippen LogP contribution in [0.2, 0.25) is 0 Å². The number of fused-ring (bicyclic) bond motifs is 1. The Morgan fingerprint density at radius 3 is 2.43 bits per heavy atom. The number of rotatable bonds is 2. The van der Waals surface area contributed by atoms with E-state index in [2.05, 4.69) is 10.9 Å². The standard InChI is InChI=1S/C17H16N2O4/c1-10-3-5-13(11(2)7-10)17(21)19-18-16(20)12-4-6-14-15(8-12)23-9-22-14/h3-8H,9H2,1-2H3,(H,18,20)(H,19,21). The lowest BCUT2D eigenvalue weighted by Crippen LogP contribution is -2.41. The van der Waals surface area contributed by atoms with Crippen molar-refractivity contribution < 1.29 is 19.1 Å². The average molecular weight is 312 g/mol. The molecule has 1 aliphatic heterocycles. The minimum Gasteiger partial charge on any atom is -0.454 e. The SMILES string of the molecule is Cc1ccc(C(=O)NNC(=O)c2ccc3c(c2)OCO3)c(C)c1. The predicted octanol–water partition coefficient (Wildman–Crippen LogP) is 2.11. The highest BCUT2D eigenvalue weighted by Gasteiger charge is 2.17. The Bertz CT molecular complexity index is 786. The molecule has 2 N–H and O–H groups in total. The third-order valence-corrected chi connectivity index (χ3v) is 3.55. The van der Waals surface area contributed by atoms with Gasteiger partial charge in [-0.2, -0.15) is 0 Å². The third kappa shape index (κ3) is 3.11. The van der Waals surface area contributed by atoms with E-state index in [0.29, 0.717) is 22.6 Å². The van der Waals surface area contributed by atoms with Gasteiger partial charge in [0.2, 0.25) is 6.79 Å². The van der Waals surface area contributed by atoms with Crippen LogP contribution in [-0.4, -0.2) is 18.6 Å². The second kappa shape index (κ2) is 6.00. The van der Waals surface area contributed by atoms with Crippen LogP contribution < -0.4 is 20.3 Å². The molecule has 0 spiro atoms. The highest BCUT2D eigenvalue weighted by Crippen LogP contribution is 2.32. The topological polar surface area (TPSA) is 76.7 Å². The zero-order chi connectivity index (χ0) is 16.4. The molecule has 0 aromatic heterocycles. The van der Waals surface area contributed by atoms with Crippen molar-refractivity contribution in [3.05, 3.63) is 58.7 Å². The molecular weight excluding hydrogens is 296 g/mol. The number of carbonyl (C=O) groups is 2. The van der Waals surface area contributed by atoms with E-state index >= 15 is 0 Å². The average Bonchev–Trinajstić information content (AvgIpc) is 2.99. The number of hydrazine groups is 1. The number of aryl methyl sites for hydroxylation is 2. The highest BCUT2D eigenvalue weighted by atomic mass is 16.7. The first-order chi connectivity index (χ1) is 11.0. The summed E-state index contributed by atoms with van der Waals surface area (Å²) in [5, 5.41) is 0. The molecule has 6 nitrogen and oxygen atoms in total. The molecule has 0 fully saturated rings. The maximum absolute atomic E-state index is 12.1. The number of benzene rings is 2. The Labute approximate surface area is 133 Å². The van der Waals surface area contributed by atoms with Gasteiger partial charge in [-0.3, -0.25) is 20.4 Å². The number of ether oxygens (including phenoxy) is 2. The molecule has 118 valence electrons. The van der Waals surface area contributed by atoms with Gasteiger partial charge in [-0.15, -0.1) is 0 Å². The van der Waals surface area contributed by atoms with Crippen molar-refractivity contribution in [3.63, 3.8) is 0 Å². The van der Waals surface area contributed by atoms with E-state index in [1.807, 2.05) is 26.0 Å². The van der Waals surface area contributed by atoms with Crippen LogP contribution in [0.3, 0.4) is 0 Å². The van der Waals surface area contributed by atoms with Gasteiger partial charge in [-0.05, 0) is 43.7 Å². The normalized spacial score (nSPS) is 11.9. The lowest BCUT2D eigenvalue weighted by molar-refractivity contribution is 0.0846. The number of carbonyl (C=O) groups excluding carboxylic acids is 2. The molecule has 0 atom stereocenters.